The molecule has 0 saturated heterocycles. The molecule has 1 rings (SSSR count). The van der Waals surface area contributed by atoms with E-state index in [9.17, 15) is 4.79 Å². The van der Waals surface area contributed by atoms with Crippen LogP contribution < -0.4 is 5.32 Å². The van der Waals surface area contributed by atoms with Crippen molar-refractivity contribution < 1.29 is 4.79 Å². The van der Waals surface area contributed by atoms with Crippen molar-refractivity contribution in [1.82, 2.24) is 5.32 Å². The van der Waals surface area contributed by atoms with Crippen molar-refractivity contribution >= 4 is 33.4 Å². The predicted molar refractivity (Wildman–Crippen MR) is 80.1 cm³/mol. The molecular weight excluding hydrogens is 314 g/mol. The lowest BCUT2D eigenvalue weighted by Gasteiger charge is -2.29. The first kappa shape index (κ1) is 15.5. The standard InChI is InChI=1S/C14H19BrClNO/c1-9(2)14(3,4)8-17-13(18)11-7-10(15)5-6-12(11)16/h5-7,9H,8H2,1-4H3,(H,17,18). The van der Waals surface area contributed by atoms with E-state index in [1.54, 1.807) is 12.1 Å². The maximum Gasteiger partial charge on any atom is 0.252 e. The van der Waals surface area contributed by atoms with Crippen LogP contribution in [0.1, 0.15) is 38.1 Å². The second-order valence-corrected chi connectivity index (χ2v) is 6.77. The summed E-state index contributed by atoms with van der Waals surface area (Å²) in [5.74, 6) is 0.366. The highest BCUT2D eigenvalue weighted by Gasteiger charge is 2.23. The molecule has 0 aliphatic rings. The Bertz CT molecular complexity index is 443. The first-order chi connectivity index (χ1) is 8.24. The minimum Gasteiger partial charge on any atom is -0.351 e. The van der Waals surface area contributed by atoms with Gasteiger partial charge in [0.1, 0.15) is 0 Å². The number of benzene rings is 1. The SMILES string of the molecule is CC(C)C(C)(C)CNC(=O)c1cc(Br)ccc1Cl. The Hall–Kier alpha value is -0.540. The van der Waals surface area contributed by atoms with Crippen molar-refractivity contribution in [2.45, 2.75) is 27.7 Å². The molecule has 100 valence electrons. The number of carbonyl (C=O) groups is 1. The minimum absolute atomic E-state index is 0.0636. The monoisotopic (exact) mass is 331 g/mol. The van der Waals surface area contributed by atoms with Crippen LogP contribution in [-0.2, 0) is 0 Å². The number of amides is 1. The van der Waals surface area contributed by atoms with Gasteiger partial charge in [0.15, 0.2) is 0 Å². The minimum atomic E-state index is -0.130. The summed E-state index contributed by atoms with van der Waals surface area (Å²) < 4.78 is 0.847. The molecule has 0 saturated carbocycles. The Labute approximate surface area is 122 Å². The van der Waals surface area contributed by atoms with Gasteiger partial charge in [0.25, 0.3) is 5.91 Å². The van der Waals surface area contributed by atoms with Crippen LogP contribution in [0.25, 0.3) is 0 Å². The van der Waals surface area contributed by atoms with Crippen molar-refractivity contribution in [1.29, 1.82) is 0 Å². The molecule has 0 atom stereocenters. The van der Waals surface area contributed by atoms with E-state index < -0.39 is 0 Å². The van der Waals surface area contributed by atoms with Crippen LogP contribution in [-0.4, -0.2) is 12.5 Å². The van der Waals surface area contributed by atoms with Gasteiger partial charge >= 0.3 is 0 Å². The molecule has 0 fully saturated rings. The molecule has 0 aromatic heterocycles. The third-order valence-electron chi connectivity index (χ3n) is 3.44. The topological polar surface area (TPSA) is 29.1 Å². The van der Waals surface area contributed by atoms with E-state index in [0.29, 0.717) is 23.0 Å². The molecule has 1 N–H and O–H groups in total. The van der Waals surface area contributed by atoms with Crippen LogP contribution >= 0.6 is 27.5 Å². The molecule has 0 unspecified atom stereocenters. The fourth-order valence-electron chi connectivity index (χ4n) is 1.28. The Kier molecular flexibility index (Phi) is 5.23. The number of hydrogen-bond acceptors (Lipinski definition) is 1. The molecule has 1 amide bonds. The van der Waals surface area contributed by atoms with Gasteiger partial charge in [0.2, 0.25) is 0 Å². The second kappa shape index (κ2) is 6.07. The average Bonchev–Trinajstić information content (AvgIpc) is 2.29. The van der Waals surface area contributed by atoms with Crippen LogP contribution in [0.2, 0.25) is 5.02 Å². The number of halogens is 2. The van der Waals surface area contributed by atoms with Crippen molar-refractivity contribution in [3.05, 3.63) is 33.3 Å². The van der Waals surface area contributed by atoms with E-state index in [0.717, 1.165) is 4.47 Å². The van der Waals surface area contributed by atoms with Gasteiger partial charge in [0, 0.05) is 11.0 Å². The zero-order valence-corrected chi connectivity index (χ0v) is 13.5. The van der Waals surface area contributed by atoms with Crippen LogP contribution in [0.5, 0.6) is 0 Å². The van der Waals surface area contributed by atoms with Crippen molar-refractivity contribution in [3.63, 3.8) is 0 Å². The summed E-state index contributed by atoms with van der Waals surface area (Å²) in [6, 6.07) is 5.27. The van der Waals surface area contributed by atoms with Gasteiger partial charge in [-0.1, -0.05) is 55.2 Å². The van der Waals surface area contributed by atoms with E-state index in [-0.39, 0.29) is 11.3 Å². The maximum atomic E-state index is 12.1. The number of hydrogen-bond donors (Lipinski definition) is 1. The number of nitrogens with one attached hydrogen (secondary N) is 1. The summed E-state index contributed by atoms with van der Waals surface area (Å²) in [5.41, 5.74) is 0.569. The first-order valence-corrected chi connectivity index (χ1v) is 7.14. The van der Waals surface area contributed by atoms with Crippen LogP contribution in [0, 0.1) is 11.3 Å². The van der Waals surface area contributed by atoms with Gasteiger partial charge in [0.05, 0.1) is 10.6 Å². The molecule has 1 aromatic rings. The third kappa shape index (κ3) is 3.99. The van der Waals surface area contributed by atoms with Crippen molar-refractivity contribution in [2.75, 3.05) is 6.54 Å². The van der Waals surface area contributed by atoms with Gasteiger partial charge in [-0.15, -0.1) is 0 Å². The highest BCUT2D eigenvalue weighted by molar-refractivity contribution is 9.10. The Morgan fingerprint density at radius 1 is 1.44 bits per heavy atom. The van der Waals surface area contributed by atoms with Crippen LogP contribution in [0.3, 0.4) is 0 Å². The molecule has 0 radical (unpaired) electrons. The van der Waals surface area contributed by atoms with Gasteiger partial charge < -0.3 is 5.32 Å². The fourth-order valence-corrected chi connectivity index (χ4v) is 1.84. The highest BCUT2D eigenvalue weighted by Crippen LogP contribution is 2.25. The summed E-state index contributed by atoms with van der Waals surface area (Å²) >= 11 is 9.36. The number of carbonyl (C=O) groups excluding carboxylic acids is 1. The van der Waals surface area contributed by atoms with Gasteiger partial charge in [-0.25, -0.2) is 0 Å². The van der Waals surface area contributed by atoms with Crippen LogP contribution in [0.4, 0.5) is 0 Å². The Morgan fingerprint density at radius 3 is 2.61 bits per heavy atom. The maximum absolute atomic E-state index is 12.1. The van der Waals surface area contributed by atoms with Crippen molar-refractivity contribution in [3.8, 4) is 0 Å². The van der Waals surface area contributed by atoms with Gasteiger partial charge in [-0.3, -0.25) is 4.79 Å². The molecule has 18 heavy (non-hydrogen) atoms. The molecule has 0 bridgehead atoms. The fraction of sp³-hybridized carbons (Fsp3) is 0.500. The quantitative estimate of drug-likeness (QED) is 0.863. The molecule has 0 spiro atoms. The lowest BCUT2D eigenvalue weighted by atomic mass is 9.81. The van der Waals surface area contributed by atoms with E-state index in [4.69, 9.17) is 11.6 Å². The average molecular weight is 333 g/mol. The third-order valence-corrected chi connectivity index (χ3v) is 4.26. The summed E-state index contributed by atoms with van der Waals surface area (Å²) in [4.78, 5) is 12.1. The lowest BCUT2D eigenvalue weighted by molar-refractivity contribution is 0.0925. The van der Waals surface area contributed by atoms with E-state index >= 15 is 0 Å². The van der Waals surface area contributed by atoms with Crippen LogP contribution in [0.15, 0.2) is 22.7 Å². The zero-order valence-electron chi connectivity index (χ0n) is 11.2. The molecule has 1 aromatic carbocycles. The normalized spacial score (nSPS) is 11.7. The summed E-state index contributed by atoms with van der Waals surface area (Å²) in [7, 11) is 0. The molecule has 4 heteroatoms. The summed E-state index contributed by atoms with van der Waals surface area (Å²) in [6.07, 6.45) is 0. The van der Waals surface area contributed by atoms with E-state index in [1.807, 2.05) is 6.07 Å². The van der Waals surface area contributed by atoms with Gasteiger partial charge in [-0.05, 0) is 29.5 Å². The van der Waals surface area contributed by atoms with Gasteiger partial charge in [-0.2, -0.15) is 0 Å². The molecule has 0 aliphatic carbocycles. The Balaban J connectivity index is 2.75. The number of rotatable bonds is 4. The highest BCUT2D eigenvalue weighted by atomic mass is 79.9. The smallest absolute Gasteiger partial charge is 0.252 e. The van der Waals surface area contributed by atoms with Crippen molar-refractivity contribution in [2.24, 2.45) is 11.3 Å². The second-order valence-electron chi connectivity index (χ2n) is 5.45. The molecule has 0 aliphatic heterocycles. The Morgan fingerprint density at radius 2 is 2.06 bits per heavy atom. The van der Waals surface area contributed by atoms with E-state index in [2.05, 4.69) is 48.9 Å². The molecule has 0 heterocycles. The molecular formula is C14H19BrClNO. The molecule has 2 nitrogen and oxygen atoms in total. The summed E-state index contributed by atoms with van der Waals surface area (Å²) in [6.45, 7) is 9.21. The lowest BCUT2D eigenvalue weighted by Crippen LogP contribution is -2.37. The van der Waals surface area contributed by atoms with E-state index in [1.165, 1.54) is 0 Å². The zero-order chi connectivity index (χ0) is 13.9. The predicted octanol–water partition coefficient (Wildman–Crippen LogP) is 4.51. The first-order valence-electron chi connectivity index (χ1n) is 5.97. The largest absolute Gasteiger partial charge is 0.351 e. The summed E-state index contributed by atoms with van der Waals surface area (Å²) in [5, 5.41) is 3.41.